The third kappa shape index (κ3) is 6.68. The summed E-state index contributed by atoms with van der Waals surface area (Å²) in [6.45, 7) is 1.71. The average molecular weight is 448 g/mol. The number of rotatable bonds is 8. The molecule has 0 aromatic heterocycles. The molecule has 0 spiro atoms. The van der Waals surface area contributed by atoms with Gasteiger partial charge < -0.3 is 14.6 Å². The molecule has 3 aromatic rings. The Bertz CT molecular complexity index is 1030. The Morgan fingerprint density at radius 3 is 2.16 bits per heavy atom. The van der Waals surface area contributed by atoms with E-state index in [1.807, 2.05) is 43.3 Å². The fourth-order valence-corrected chi connectivity index (χ4v) is 3.60. The lowest BCUT2D eigenvalue weighted by Gasteiger charge is -2.10. The summed E-state index contributed by atoms with van der Waals surface area (Å²) in [5, 5.41) is 8.70. The van der Waals surface area contributed by atoms with Gasteiger partial charge in [-0.3, -0.25) is 0 Å². The lowest BCUT2D eigenvalue weighted by molar-refractivity contribution is -0.139. The van der Waals surface area contributed by atoms with Gasteiger partial charge in [0.05, 0.1) is 5.56 Å². The van der Waals surface area contributed by atoms with E-state index >= 15 is 0 Å². The number of ether oxygens (including phenoxy) is 2. The molecule has 4 nitrogen and oxygen atoms in total. The number of carboxylic acids is 1. The number of carboxylic acid groups (broad SMARTS) is 1. The Morgan fingerprint density at radius 1 is 0.935 bits per heavy atom. The largest absolute Gasteiger partial charge is 0.489 e. The van der Waals surface area contributed by atoms with Gasteiger partial charge in [0.2, 0.25) is 0 Å². The van der Waals surface area contributed by atoms with Crippen molar-refractivity contribution < 1.29 is 32.5 Å². The van der Waals surface area contributed by atoms with Crippen LogP contribution in [0.15, 0.2) is 76.5 Å². The van der Waals surface area contributed by atoms with Crippen molar-refractivity contribution in [2.75, 3.05) is 6.61 Å². The van der Waals surface area contributed by atoms with Gasteiger partial charge in [-0.15, -0.1) is 0 Å². The highest BCUT2D eigenvalue weighted by Gasteiger charge is 2.30. The van der Waals surface area contributed by atoms with Crippen LogP contribution in [0.25, 0.3) is 0 Å². The normalized spacial score (nSPS) is 11.2. The molecular formula is C23H19F3O4S. The maximum Gasteiger partial charge on any atom is 0.416 e. The molecular weight excluding hydrogens is 429 g/mol. The molecule has 0 heterocycles. The predicted molar refractivity (Wildman–Crippen MR) is 111 cm³/mol. The molecule has 0 bridgehead atoms. The summed E-state index contributed by atoms with van der Waals surface area (Å²) in [4.78, 5) is 12.6. The van der Waals surface area contributed by atoms with Gasteiger partial charge in [-0.05, 0) is 72.6 Å². The van der Waals surface area contributed by atoms with Crippen molar-refractivity contribution in [3.63, 3.8) is 0 Å². The molecule has 0 atom stereocenters. The van der Waals surface area contributed by atoms with Crippen LogP contribution in [0.3, 0.4) is 0 Å². The quantitative estimate of drug-likeness (QED) is 0.444. The van der Waals surface area contributed by atoms with Crippen LogP contribution in [0, 0.1) is 6.92 Å². The second kappa shape index (κ2) is 9.78. The van der Waals surface area contributed by atoms with Gasteiger partial charge in [-0.2, -0.15) is 13.2 Å². The summed E-state index contributed by atoms with van der Waals surface area (Å²) in [6.07, 6.45) is -4.36. The number of hydrogen-bond donors (Lipinski definition) is 1. The fourth-order valence-electron chi connectivity index (χ4n) is 2.68. The first kappa shape index (κ1) is 22.6. The second-order valence-corrected chi connectivity index (χ2v) is 7.81. The van der Waals surface area contributed by atoms with E-state index in [-0.39, 0.29) is 13.2 Å². The SMILES string of the molecule is Cc1cc(Sc2ccc(COc3ccc(C(F)(F)F)cc3)cc2)ccc1OCC(=O)O. The van der Waals surface area contributed by atoms with Crippen LogP contribution in [0.1, 0.15) is 16.7 Å². The van der Waals surface area contributed by atoms with Gasteiger partial charge in [-0.25, -0.2) is 4.79 Å². The van der Waals surface area contributed by atoms with Gasteiger partial charge in [0.1, 0.15) is 18.1 Å². The Kier molecular flexibility index (Phi) is 7.12. The smallest absolute Gasteiger partial charge is 0.416 e. The molecule has 31 heavy (non-hydrogen) atoms. The predicted octanol–water partition coefficient (Wildman–Crippen LogP) is 6.21. The van der Waals surface area contributed by atoms with E-state index in [1.165, 1.54) is 12.1 Å². The van der Waals surface area contributed by atoms with Gasteiger partial charge in [0.25, 0.3) is 0 Å². The van der Waals surface area contributed by atoms with Gasteiger partial charge >= 0.3 is 12.1 Å². The van der Waals surface area contributed by atoms with Crippen molar-refractivity contribution in [3.8, 4) is 11.5 Å². The summed E-state index contributed by atoms with van der Waals surface area (Å²) in [5.41, 5.74) is 1.02. The molecule has 3 rings (SSSR count). The van der Waals surface area contributed by atoms with Crippen molar-refractivity contribution in [2.24, 2.45) is 0 Å². The van der Waals surface area contributed by atoms with Crippen molar-refractivity contribution in [2.45, 2.75) is 29.5 Å². The number of aliphatic carboxylic acids is 1. The average Bonchev–Trinajstić information content (AvgIpc) is 2.72. The number of aryl methyl sites for hydroxylation is 1. The van der Waals surface area contributed by atoms with E-state index in [2.05, 4.69) is 0 Å². The highest BCUT2D eigenvalue weighted by Crippen LogP contribution is 2.32. The number of carbonyl (C=O) groups is 1. The molecule has 0 radical (unpaired) electrons. The van der Waals surface area contributed by atoms with Crippen LogP contribution in [0.5, 0.6) is 11.5 Å². The summed E-state index contributed by atoms with van der Waals surface area (Å²) in [5.74, 6) is -0.130. The molecule has 162 valence electrons. The van der Waals surface area contributed by atoms with Crippen LogP contribution in [0.4, 0.5) is 13.2 Å². The zero-order valence-electron chi connectivity index (χ0n) is 16.5. The number of halogens is 3. The van der Waals surface area contributed by atoms with Crippen molar-refractivity contribution >= 4 is 17.7 Å². The summed E-state index contributed by atoms with van der Waals surface area (Å²) in [7, 11) is 0. The second-order valence-electron chi connectivity index (χ2n) is 6.67. The van der Waals surface area contributed by atoms with E-state index in [4.69, 9.17) is 14.6 Å². The molecule has 0 aliphatic carbocycles. The highest BCUT2D eigenvalue weighted by molar-refractivity contribution is 7.99. The van der Waals surface area contributed by atoms with Gasteiger partial charge in [-0.1, -0.05) is 23.9 Å². The van der Waals surface area contributed by atoms with Crippen molar-refractivity contribution in [1.82, 2.24) is 0 Å². The topological polar surface area (TPSA) is 55.8 Å². The lowest BCUT2D eigenvalue weighted by Crippen LogP contribution is -2.09. The molecule has 0 saturated carbocycles. The van der Waals surface area contributed by atoms with Crippen LogP contribution in [0.2, 0.25) is 0 Å². The highest BCUT2D eigenvalue weighted by atomic mass is 32.2. The number of benzene rings is 3. The summed E-state index contributed by atoms with van der Waals surface area (Å²) >= 11 is 1.54. The van der Waals surface area contributed by atoms with Crippen LogP contribution in [-0.4, -0.2) is 17.7 Å². The Hall–Kier alpha value is -3.13. The molecule has 0 aliphatic heterocycles. The Labute approximate surface area is 181 Å². The summed E-state index contributed by atoms with van der Waals surface area (Å²) < 4.78 is 48.6. The Balaban J connectivity index is 1.55. The lowest BCUT2D eigenvalue weighted by atomic mass is 10.2. The summed E-state index contributed by atoms with van der Waals surface area (Å²) in [6, 6.07) is 17.8. The Morgan fingerprint density at radius 2 is 1.58 bits per heavy atom. The standard InChI is InChI=1S/C23H19F3O4S/c1-15-12-20(10-11-21(15)30-14-22(27)28)31-19-8-2-16(3-9-19)13-29-18-6-4-17(5-7-18)23(24,25)26/h2-12H,13-14H2,1H3,(H,27,28). The van der Waals surface area contributed by atoms with E-state index in [0.717, 1.165) is 33.1 Å². The molecule has 0 aliphatic rings. The number of hydrogen-bond acceptors (Lipinski definition) is 4. The van der Waals surface area contributed by atoms with E-state index in [9.17, 15) is 18.0 Å². The third-order valence-corrected chi connectivity index (χ3v) is 5.24. The first-order valence-electron chi connectivity index (χ1n) is 9.23. The van der Waals surface area contributed by atoms with E-state index < -0.39 is 17.7 Å². The molecule has 0 fully saturated rings. The van der Waals surface area contributed by atoms with Gasteiger partial charge in [0, 0.05) is 9.79 Å². The molecule has 3 aromatic carbocycles. The first-order chi connectivity index (χ1) is 14.7. The molecule has 1 N–H and O–H groups in total. The minimum absolute atomic E-state index is 0.241. The minimum atomic E-state index is -4.36. The van der Waals surface area contributed by atoms with E-state index in [0.29, 0.717) is 11.5 Å². The zero-order valence-corrected chi connectivity index (χ0v) is 17.3. The molecule has 0 saturated heterocycles. The van der Waals surface area contributed by atoms with E-state index in [1.54, 1.807) is 17.8 Å². The maximum atomic E-state index is 12.6. The van der Waals surface area contributed by atoms with Crippen molar-refractivity contribution in [1.29, 1.82) is 0 Å². The van der Waals surface area contributed by atoms with Crippen molar-refractivity contribution in [3.05, 3.63) is 83.4 Å². The molecule has 0 amide bonds. The van der Waals surface area contributed by atoms with Crippen LogP contribution >= 0.6 is 11.8 Å². The third-order valence-electron chi connectivity index (χ3n) is 4.24. The van der Waals surface area contributed by atoms with Gasteiger partial charge in [0.15, 0.2) is 6.61 Å². The fraction of sp³-hybridized carbons (Fsp3) is 0.174. The zero-order chi connectivity index (χ0) is 22.4. The maximum absolute atomic E-state index is 12.6. The minimum Gasteiger partial charge on any atom is -0.489 e. The molecule has 8 heteroatoms. The number of alkyl halides is 3. The van der Waals surface area contributed by atoms with Crippen LogP contribution in [-0.2, 0) is 17.6 Å². The van der Waals surface area contributed by atoms with Crippen LogP contribution < -0.4 is 9.47 Å². The monoisotopic (exact) mass is 448 g/mol. The first-order valence-corrected chi connectivity index (χ1v) is 10.0. The molecule has 0 unspecified atom stereocenters.